The lowest BCUT2D eigenvalue weighted by molar-refractivity contribution is -0.384. The first-order valence-electron chi connectivity index (χ1n) is 8.15. The summed E-state index contributed by atoms with van der Waals surface area (Å²) in [5.41, 5.74) is 1.66. The van der Waals surface area contributed by atoms with Gasteiger partial charge in [0, 0.05) is 35.8 Å². The maximum absolute atomic E-state index is 12.5. The van der Waals surface area contributed by atoms with Gasteiger partial charge in [0.2, 0.25) is 0 Å². The van der Waals surface area contributed by atoms with E-state index in [1.807, 2.05) is 6.07 Å². The van der Waals surface area contributed by atoms with E-state index in [0.29, 0.717) is 10.7 Å². The molecule has 0 unspecified atom stereocenters. The molecule has 1 amide bonds. The summed E-state index contributed by atoms with van der Waals surface area (Å²) in [5.74, 6) is -0.399. The Labute approximate surface area is 150 Å². The molecule has 0 aromatic heterocycles. The first-order valence-corrected chi connectivity index (χ1v) is 8.53. The molecule has 1 aliphatic heterocycles. The van der Waals surface area contributed by atoms with E-state index in [0.717, 1.165) is 31.6 Å². The minimum Gasteiger partial charge on any atom is -0.370 e. The van der Waals surface area contributed by atoms with Crippen molar-refractivity contribution in [3.8, 4) is 0 Å². The van der Waals surface area contributed by atoms with Crippen LogP contribution in [0.4, 0.5) is 17.1 Å². The Morgan fingerprint density at radius 2 is 1.88 bits per heavy atom. The van der Waals surface area contributed by atoms with Crippen molar-refractivity contribution in [1.82, 2.24) is 0 Å². The van der Waals surface area contributed by atoms with E-state index in [1.165, 1.54) is 24.6 Å². The highest BCUT2D eigenvalue weighted by molar-refractivity contribution is 6.31. The maximum atomic E-state index is 12.5. The molecular weight excluding hydrogens is 342 g/mol. The van der Waals surface area contributed by atoms with Crippen LogP contribution in [-0.4, -0.2) is 23.9 Å². The third-order valence-corrected chi connectivity index (χ3v) is 4.46. The van der Waals surface area contributed by atoms with Gasteiger partial charge in [-0.2, -0.15) is 0 Å². The fraction of sp³-hybridized carbons (Fsp3) is 0.278. The van der Waals surface area contributed by atoms with Crippen molar-refractivity contribution < 1.29 is 9.72 Å². The topological polar surface area (TPSA) is 75.5 Å². The number of amides is 1. The zero-order valence-electron chi connectivity index (χ0n) is 13.6. The van der Waals surface area contributed by atoms with Gasteiger partial charge in [-0.15, -0.1) is 0 Å². The van der Waals surface area contributed by atoms with Gasteiger partial charge in [0.25, 0.3) is 11.6 Å². The number of non-ortho nitro benzene ring substituents is 1. The van der Waals surface area contributed by atoms with Gasteiger partial charge >= 0.3 is 0 Å². The molecule has 2 aromatic rings. The second-order valence-electron chi connectivity index (χ2n) is 5.97. The second-order valence-corrected chi connectivity index (χ2v) is 6.41. The van der Waals surface area contributed by atoms with Crippen LogP contribution >= 0.6 is 11.6 Å². The number of carbonyl (C=O) groups is 1. The van der Waals surface area contributed by atoms with Crippen LogP contribution in [0.15, 0.2) is 42.5 Å². The monoisotopic (exact) mass is 359 g/mol. The highest BCUT2D eigenvalue weighted by Crippen LogP contribution is 2.31. The summed E-state index contributed by atoms with van der Waals surface area (Å²) in [5, 5.41) is 14.3. The van der Waals surface area contributed by atoms with Crippen molar-refractivity contribution in [2.75, 3.05) is 23.3 Å². The first-order chi connectivity index (χ1) is 12.0. The van der Waals surface area contributed by atoms with E-state index < -0.39 is 10.8 Å². The van der Waals surface area contributed by atoms with Crippen molar-refractivity contribution in [3.05, 3.63) is 63.2 Å². The third-order valence-electron chi connectivity index (χ3n) is 4.22. The number of benzene rings is 2. The van der Waals surface area contributed by atoms with Gasteiger partial charge in [-0.1, -0.05) is 17.7 Å². The summed E-state index contributed by atoms with van der Waals surface area (Å²) >= 11 is 6.09. The Morgan fingerprint density at radius 1 is 1.12 bits per heavy atom. The Bertz CT molecular complexity index is 804. The average molecular weight is 360 g/mol. The number of carbonyl (C=O) groups excluding carboxylic acids is 1. The van der Waals surface area contributed by atoms with E-state index >= 15 is 0 Å². The highest BCUT2D eigenvalue weighted by atomic mass is 35.5. The minimum absolute atomic E-state index is 0.116. The summed E-state index contributed by atoms with van der Waals surface area (Å²) < 4.78 is 0. The summed E-state index contributed by atoms with van der Waals surface area (Å²) in [7, 11) is 0. The molecule has 1 aliphatic rings. The molecular formula is C18H18ClN3O3. The van der Waals surface area contributed by atoms with Crippen molar-refractivity contribution >= 4 is 34.6 Å². The Kier molecular flexibility index (Phi) is 5.19. The van der Waals surface area contributed by atoms with Crippen molar-refractivity contribution in [2.24, 2.45) is 0 Å². The molecule has 0 bridgehead atoms. The number of piperidine rings is 1. The molecule has 0 radical (unpaired) electrons. The largest absolute Gasteiger partial charge is 0.370 e. The summed E-state index contributed by atoms with van der Waals surface area (Å²) in [4.78, 5) is 25.1. The van der Waals surface area contributed by atoms with Crippen LogP contribution in [0.2, 0.25) is 5.02 Å². The zero-order chi connectivity index (χ0) is 17.8. The van der Waals surface area contributed by atoms with Crippen LogP contribution in [0.5, 0.6) is 0 Å². The number of halogens is 1. The second kappa shape index (κ2) is 7.53. The Hall–Kier alpha value is -2.60. The molecule has 1 saturated heterocycles. The fourth-order valence-electron chi connectivity index (χ4n) is 2.97. The SMILES string of the molecule is O=C(Nc1cc(Cl)ccc1N1CCCCC1)c1cccc([N+](=O)[O-])c1. The van der Waals surface area contributed by atoms with Crippen LogP contribution in [0.3, 0.4) is 0 Å². The van der Waals surface area contributed by atoms with Gasteiger partial charge in [0.05, 0.1) is 16.3 Å². The fourth-order valence-corrected chi connectivity index (χ4v) is 3.15. The summed E-state index contributed by atoms with van der Waals surface area (Å²) in [6, 6.07) is 11.1. The molecule has 7 heteroatoms. The summed E-state index contributed by atoms with van der Waals surface area (Å²) in [6.07, 6.45) is 3.43. The van der Waals surface area contributed by atoms with E-state index in [9.17, 15) is 14.9 Å². The smallest absolute Gasteiger partial charge is 0.270 e. The molecule has 0 aliphatic carbocycles. The van der Waals surface area contributed by atoms with Crippen LogP contribution in [0.1, 0.15) is 29.6 Å². The predicted molar refractivity (Wildman–Crippen MR) is 98.6 cm³/mol. The molecule has 1 N–H and O–H groups in total. The van der Waals surface area contributed by atoms with Crippen LogP contribution < -0.4 is 10.2 Å². The van der Waals surface area contributed by atoms with E-state index in [4.69, 9.17) is 11.6 Å². The average Bonchev–Trinajstić information content (AvgIpc) is 2.62. The lowest BCUT2D eigenvalue weighted by atomic mass is 10.1. The number of anilines is 2. The van der Waals surface area contributed by atoms with Crippen LogP contribution in [-0.2, 0) is 0 Å². The lowest BCUT2D eigenvalue weighted by Crippen LogP contribution is -2.30. The molecule has 0 atom stereocenters. The Morgan fingerprint density at radius 3 is 2.60 bits per heavy atom. The van der Waals surface area contributed by atoms with Gasteiger partial charge in [-0.25, -0.2) is 0 Å². The standard InChI is InChI=1S/C18H18ClN3O3/c19-14-7-8-17(21-9-2-1-3-10-21)16(12-14)20-18(23)13-5-4-6-15(11-13)22(24)25/h4-8,11-12H,1-3,9-10H2,(H,20,23). The van der Waals surface area contributed by atoms with Crippen molar-refractivity contribution in [3.63, 3.8) is 0 Å². The van der Waals surface area contributed by atoms with Gasteiger partial charge in [0.15, 0.2) is 0 Å². The number of hydrogen-bond donors (Lipinski definition) is 1. The van der Waals surface area contributed by atoms with Crippen LogP contribution in [0.25, 0.3) is 0 Å². The predicted octanol–water partition coefficient (Wildman–Crippen LogP) is 4.49. The van der Waals surface area contributed by atoms with Crippen molar-refractivity contribution in [1.29, 1.82) is 0 Å². The van der Waals surface area contributed by atoms with E-state index in [2.05, 4.69) is 10.2 Å². The summed E-state index contributed by atoms with van der Waals surface area (Å²) in [6.45, 7) is 1.86. The Balaban J connectivity index is 1.86. The highest BCUT2D eigenvalue weighted by Gasteiger charge is 2.18. The molecule has 130 valence electrons. The van der Waals surface area contributed by atoms with Crippen LogP contribution in [0, 0.1) is 10.1 Å². The number of nitro benzene ring substituents is 1. The van der Waals surface area contributed by atoms with Gasteiger partial charge in [-0.05, 0) is 43.5 Å². The first kappa shape index (κ1) is 17.2. The molecule has 3 rings (SSSR count). The lowest BCUT2D eigenvalue weighted by Gasteiger charge is -2.30. The molecule has 6 nitrogen and oxygen atoms in total. The molecule has 1 heterocycles. The number of nitrogens with one attached hydrogen (secondary N) is 1. The molecule has 2 aromatic carbocycles. The molecule has 0 spiro atoms. The van der Waals surface area contributed by atoms with E-state index in [-0.39, 0.29) is 11.3 Å². The van der Waals surface area contributed by atoms with Gasteiger partial charge in [-0.3, -0.25) is 14.9 Å². The maximum Gasteiger partial charge on any atom is 0.270 e. The number of nitrogens with zero attached hydrogens (tertiary/aromatic N) is 2. The molecule has 1 fully saturated rings. The number of nitro groups is 1. The number of rotatable bonds is 4. The third kappa shape index (κ3) is 4.09. The zero-order valence-corrected chi connectivity index (χ0v) is 14.3. The van der Waals surface area contributed by atoms with Gasteiger partial charge < -0.3 is 10.2 Å². The number of hydrogen-bond acceptors (Lipinski definition) is 4. The molecule has 0 saturated carbocycles. The normalized spacial score (nSPS) is 14.2. The van der Waals surface area contributed by atoms with E-state index in [1.54, 1.807) is 18.2 Å². The van der Waals surface area contributed by atoms with Crippen molar-refractivity contribution in [2.45, 2.75) is 19.3 Å². The quantitative estimate of drug-likeness (QED) is 0.644. The van der Waals surface area contributed by atoms with Gasteiger partial charge in [0.1, 0.15) is 0 Å². The minimum atomic E-state index is -0.519. The molecule has 25 heavy (non-hydrogen) atoms.